The number of carbonyl (C=O) groups excluding carboxylic acids is 1. The lowest BCUT2D eigenvalue weighted by atomic mass is 10.1. The second-order valence-electron chi connectivity index (χ2n) is 5.16. The summed E-state index contributed by atoms with van der Waals surface area (Å²) in [7, 11) is 0. The van der Waals surface area contributed by atoms with Crippen LogP contribution in [0.15, 0.2) is 18.2 Å². The zero-order valence-electron chi connectivity index (χ0n) is 10.4. The fourth-order valence-electron chi connectivity index (χ4n) is 2.62. The first kappa shape index (κ1) is 10.6. The second kappa shape index (κ2) is 3.76. The smallest absolute Gasteiger partial charge is 0.159 e. The van der Waals surface area contributed by atoms with Gasteiger partial charge in [-0.1, -0.05) is 0 Å². The maximum Gasteiger partial charge on any atom is 0.159 e. The molecule has 0 bridgehead atoms. The average molecular weight is 230 g/mol. The molecule has 0 aromatic heterocycles. The van der Waals surface area contributed by atoms with Gasteiger partial charge in [0.15, 0.2) is 5.78 Å². The first-order chi connectivity index (χ1) is 8.16. The van der Waals surface area contributed by atoms with E-state index in [0.717, 1.165) is 17.8 Å². The summed E-state index contributed by atoms with van der Waals surface area (Å²) >= 11 is 0. The molecule has 3 rings (SSSR count). The number of hydrogen-bond acceptors (Lipinski definition) is 3. The van der Waals surface area contributed by atoms with E-state index in [1.54, 1.807) is 6.92 Å². The van der Waals surface area contributed by atoms with Gasteiger partial charge in [0.2, 0.25) is 0 Å². The van der Waals surface area contributed by atoms with Gasteiger partial charge in [-0.05, 0) is 44.9 Å². The van der Waals surface area contributed by atoms with Crippen LogP contribution in [0.4, 0.5) is 11.4 Å². The summed E-state index contributed by atoms with van der Waals surface area (Å²) in [6.45, 7) is 4.84. The average Bonchev–Trinajstić information content (AvgIpc) is 3.12. The number of Topliss-reactive ketones (excluding diaryl/α,β-unsaturated/α-hetero) is 1. The Hall–Kier alpha value is -1.51. The van der Waals surface area contributed by atoms with Crippen LogP contribution < -0.4 is 10.2 Å². The predicted molar refractivity (Wildman–Crippen MR) is 69.9 cm³/mol. The first-order valence-corrected chi connectivity index (χ1v) is 6.34. The number of anilines is 2. The lowest BCUT2D eigenvalue weighted by Gasteiger charge is -2.38. The number of nitrogens with one attached hydrogen (secondary N) is 1. The van der Waals surface area contributed by atoms with E-state index in [4.69, 9.17) is 0 Å². The highest BCUT2D eigenvalue weighted by Crippen LogP contribution is 2.40. The maximum atomic E-state index is 11.4. The maximum absolute atomic E-state index is 11.4. The third-order valence-corrected chi connectivity index (χ3v) is 3.68. The molecular formula is C14H18N2O. The van der Waals surface area contributed by atoms with Crippen LogP contribution in [0.5, 0.6) is 0 Å². The lowest BCUT2D eigenvalue weighted by molar-refractivity contribution is 0.101. The Balaban J connectivity index is 2.01. The molecule has 1 heterocycles. The number of benzene rings is 1. The zero-order valence-corrected chi connectivity index (χ0v) is 10.4. The van der Waals surface area contributed by atoms with Gasteiger partial charge < -0.3 is 10.2 Å². The quantitative estimate of drug-likeness (QED) is 0.793. The Morgan fingerprint density at radius 3 is 2.82 bits per heavy atom. The summed E-state index contributed by atoms with van der Waals surface area (Å²) in [5, 5.41) is 3.43. The van der Waals surface area contributed by atoms with E-state index in [1.807, 2.05) is 12.1 Å². The van der Waals surface area contributed by atoms with Gasteiger partial charge in [-0.2, -0.15) is 0 Å². The largest absolute Gasteiger partial charge is 0.381 e. The van der Waals surface area contributed by atoms with Crippen molar-refractivity contribution in [3.05, 3.63) is 23.8 Å². The molecule has 1 fully saturated rings. The number of hydrogen-bond donors (Lipinski definition) is 1. The molecule has 0 spiro atoms. The van der Waals surface area contributed by atoms with E-state index in [2.05, 4.69) is 23.2 Å². The molecule has 1 aliphatic carbocycles. The van der Waals surface area contributed by atoms with Gasteiger partial charge in [0.05, 0.1) is 11.4 Å². The van der Waals surface area contributed by atoms with Crippen molar-refractivity contribution in [1.82, 2.24) is 0 Å². The van der Waals surface area contributed by atoms with Crippen LogP contribution in [0.3, 0.4) is 0 Å². The molecular weight excluding hydrogens is 212 g/mol. The molecule has 90 valence electrons. The number of rotatable bonds is 2. The monoisotopic (exact) mass is 230 g/mol. The molecule has 1 N–H and O–H groups in total. The number of fused-ring (bicyclic) bond motifs is 1. The van der Waals surface area contributed by atoms with E-state index in [9.17, 15) is 4.79 Å². The molecule has 0 saturated heterocycles. The highest BCUT2D eigenvalue weighted by atomic mass is 16.1. The summed E-state index contributed by atoms with van der Waals surface area (Å²) in [4.78, 5) is 13.9. The van der Waals surface area contributed by atoms with E-state index in [-0.39, 0.29) is 5.78 Å². The zero-order chi connectivity index (χ0) is 12.0. The van der Waals surface area contributed by atoms with Crippen molar-refractivity contribution in [2.75, 3.05) is 16.8 Å². The van der Waals surface area contributed by atoms with Gasteiger partial charge in [-0.15, -0.1) is 0 Å². The van der Waals surface area contributed by atoms with Gasteiger partial charge in [-0.25, -0.2) is 0 Å². The fourth-order valence-corrected chi connectivity index (χ4v) is 2.62. The minimum absolute atomic E-state index is 0.131. The number of ketones is 1. The van der Waals surface area contributed by atoms with Crippen molar-refractivity contribution in [2.24, 2.45) is 0 Å². The summed E-state index contributed by atoms with van der Waals surface area (Å²) in [5.41, 5.74) is 3.17. The van der Waals surface area contributed by atoms with Crippen LogP contribution in [0.2, 0.25) is 0 Å². The third-order valence-electron chi connectivity index (χ3n) is 3.68. The third kappa shape index (κ3) is 1.79. The number of carbonyl (C=O) groups is 1. The highest BCUT2D eigenvalue weighted by Gasteiger charge is 2.35. The Labute approximate surface area is 102 Å². The van der Waals surface area contributed by atoms with Crippen molar-refractivity contribution >= 4 is 17.2 Å². The summed E-state index contributed by atoms with van der Waals surface area (Å²) in [6, 6.07) is 7.27. The van der Waals surface area contributed by atoms with Crippen LogP contribution in [0.1, 0.15) is 37.0 Å². The van der Waals surface area contributed by atoms with E-state index in [1.165, 1.54) is 18.5 Å². The summed E-state index contributed by atoms with van der Waals surface area (Å²) in [6.07, 6.45) is 2.61. The van der Waals surface area contributed by atoms with Gasteiger partial charge in [-0.3, -0.25) is 4.79 Å². The Bertz CT molecular complexity index is 465. The molecule has 1 unspecified atom stereocenters. The summed E-state index contributed by atoms with van der Waals surface area (Å²) in [5.74, 6) is 0.131. The lowest BCUT2D eigenvalue weighted by Crippen LogP contribution is -2.43. The molecule has 0 amide bonds. The predicted octanol–water partition coefficient (Wildman–Crippen LogP) is 2.67. The first-order valence-electron chi connectivity index (χ1n) is 6.34. The molecule has 1 saturated carbocycles. The van der Waals surface area contributed by atoms with Gasteiger partial charge in [0.1, 0.15) is 0 Å². The van der Waals surface area contributed by atoms with Crippen LogP contribution in [0, 0.1) is 0 Å². The van der Waals surface area contributed by atoms with Crippen LogP contribution in [-0.4, -0.2) is 24.4 Å². The molecule has 1 aliphatic heterocycles. The minimum Gasteiger partial charge on any atom is -0.381 e. The van der Waals surface area contributed by atoms with Gasteiger partial charge in [0, 0.05) is 24.2 Å². The molecule has 3 heteroatoms. The van der Waals surface area contributed by atoms with Gasteiger partial charge in [0.25, 0.3) is 0 Å². The van der Waals surface area contributed by atoms with Crippen LogP contribution in [0.25, 0.3) is 0 Å². The number of nitrogens with zero attached hydrogens (tertiary/aromatic N) is 1. The second-order valence-corrected chi connectivity index (χ2v) is 5.16. The van der Waals surface area contributed by atoms with Crippen LogP contribution in [-0.2, 0) is 0 Å². The molecule has 1 atom stereocenters. The normalized spacial score (nSPS) is 22.9. The van der Waals surface area contributed by atoms with Crippen molar-refractivity contribution in [2.45, 2.75) is 38.8 Å². The van der Waals surface area contributed by atoms with Crippen molar-refractivity contribution in [3.63, 3.8) is 0 Å². The molecule has 3 nitrogen and oxygen atoms in total. The highest BCUT2D eigenvalue weighted by molar-refractivity contribution is 5.96. The molecule has 1 aromatic rings. The molecule has 1 aromatic carbocycles. The molecule has 17 heavy (non-hydrogen) atoms. The SMILES string of the molecule is CC(=O)c1ccc2c(c1)NCC(C)N2C1CC1. The Kier molecular flexibility index (Phi) is 2.35. The van der Waals surface area contributed by atoms with Gasteiger partial charge >= 0.3 is 0 Å². The standard InChI is InChI=1S/C14H18N2O/c1-9-8-15-13-7-11(10(2)17)3-6-14(13)16(9)12-4-5-12/h3,6-7,9,12,15H,4-5,8H2,1-2H3. The van der Waals surface area contributed by atoms with Crippen LogP contribution >= 0.6 is 0 Å². The Morgan fingerprint density at radius 1 is 1.41 bits per heavy atom. The van der Waals surface area contributed by atoms with E-state index in [0.29, 0.717) is 12.1 Å². The summed E-state index contributed by atoms with van der Waals surface area (Å²) < 4.78 is 0. The molecule has 0 radical (unpaired) electrons. The van der Waals surface area contributed by atoms with Crippen molar-refractivity contribution in [1.29, 1.82) is 0 Å². The molecule has 2 aliphatic rings. The minimum atomic E-state index is 0.131. The Morgan fingerprint density at radius 2 is 2.18 bits per heavy atom. The van der Waals surface area contributed by atoms with E-state index >= 15 is 0 Å². The fraction of sp³-hybridized carbons (Fsp3) is 0.500. The van der Waals surface area contributed by atoms with Crippen molar-refractivity contribution in [3.8, 4) is 0 Å². The topological polar surface area (TPSA) is 32.3 Å². The van der Waals surface area contributed by atoms with Crippen molar-refractivity contribution < 1.29 is 4.79 Å². The van der Waals surface area contributed by atoms with E-state index < -0.39 is 0 Å².